The summed E-state index contributed by atoms with van der Waals surface area (Å²) >= 11 is 8.25. The minimum Gasteiger partial charge on any atom is -0.492 e. The molecule has 15 heteroatoms. The monoisotopic (exact) mass is 717 g/mol. The molecule has 0 heterocycles. The molecule has 1 rings (SSSR count). The summed E-state index contributed by atoms with van der Waals surface area (Å²) < 4.78 is 22.7. The molecule has 44 heavy (non-hydrogen) atoms. The summed E-state index contributed by atoms with van der Waals surface area (Å²) in [6.07, 6.45) is 0.939. The van der Waals surface area contributed by atoms with Gasteiger partial charge in [0.15, 0.2) is 0 Å². The van der Waals surface area contributed by atoms with Crippen LogP contribution in [0.25, 0.3) is 0 Å². The van der Waals surface area contributed by atoms with E-state index in [-0.39, 0.29) is 42.8 Å². The minimum atomic E-state index is -0.210. The molecule has 256 valence electrons. The van der Waals surface area contributed by atoms with Gasteiger partial charge in [0.1, 0.15) is 24.7 Å². The van der Waals surface area contributed by atoms with E-state index in [4.69, 9.17) is 29.2 Å². The van der Waals surface area contributed by atoms with Gasteiger partial charge in [-0.1, -0.05) is 0 Å². The Morgan fingerprint density at radius 1 is 0.727 bits per heavy atom. The molecule has 0 radical (unpaired) electrons. The lowest BCUT2D eigenvalue weighted by Gasteiger charge is -2.19. The van der Waals surface area contributed by atoms with Gasteiger partial charge in [0, 0.05) is 82.7 Å². The zero-order valence-electron chi connectivity index (χ0n) is 25.7. The Morgan fingerprint density at radius 2 is 1.30 bits per heavy atom. The first-order chi connectivity index (χ1) is 21.6. The second-order valence-electron chi connectivity index (χ2n) is 9.17. The Morgan fingerprint density at radius 3 is 1.82 bits per heavy atom. The van der Waals surface area contributed by atoms with Crippen molar-refractivity contribution in [2.45, 2.75) is 16.9 Å². The van der Waals surface area contributed by atoms with Crippen LogP contribution in [0.1, 0.15) is 16.8 Å². The molecule has 0 spiro atoms. The van der Waals surface area contributed by atoms with Gasteiger partial charge >= 0.3 is 0 Å². The molecule has 0 saturated heterocycles. The number of aliphatic hydroxyl groups excluding tert-OH is 4. The summed E-state index contributed by atoms with van der Waals surface area (Å²) in [5, 5.41) is 40.1. The van der Waals surface area contributed by atoms with E-state index in [9.17, 15) is 15.0 Å². The van der Waals surface area contributed by atoms with Crippen LogP contribution in [0.3, 0.4) is 0 Å². The first-order valence-corrected chi connectivity index (χ1v) is 20.3. The van der Waals surface area contributed by atoms with Crippen LogP contribution in [0.5, 0.6) is 11.5 Å². The van der Waals surface area contributed by atoms with Crippen molar-refractivity contribution < 1.29 is 44.2 Å². The molecule has 5 N–H and O–H groups in total. The van der Waals surface area contributed by atoms with Crippen molar-refractivity contribution in [3.8, 4) is 11.5 Å². The molecule has 0 aromatic heterocycles. The lowest BCUT2D eigenvalue weighted by atomic mass is 10.2. The molecule has 10 nitrogen and oxygen atoms in total. The third kappa shape index (κ3) is 22.3. The Labute approximate surface area is 284 Å². The number of hydrogen-bond donors (Lipinski definition) is 5. The maximum Gasteiger partial charge on any atom is 0.251 e. The largest absolute Gasteiger partial charge is 0.492 e. The Balaban J connectivity index is 2.84. The molecule has 0 bridgehead atoms. The van der Waals surface area contributed by atoms with E-state index >= 15 is 0 Å². The van der Waals surface area contributed by atoms with Crippen molar-refractivity contribution in [1.29, 1.82) is 0 Å². The Hall–Kier alpha value is -0.200. The SMILES string of the molecule is COCCOCCCSCCNC(=O)c1cc(OCC(CSCCO)SCCO)cc(OCC(CSCCO)SCCO)c1. The van der Waals surface area contributed by atoms with Gasteiger partial charge in [0.05, 0.1) is 39.6 Å². The highest BCUT2D eigenvalue weighted by molar-refractivity contribution is 8.03. The third-order valence-electron chi connectivity index (χ3n) is 5.52. The normalized spacial score (nSPS) is 12.7. The van der Waals surface area contributed by atoms with Gasteiger partial charge in [0.25, 0.3) is 5.91 Å². The van der Waals surface area contributed by atoms with E-state index in [2.05, 4.69) is 5.32 Å². The van der Waals surface area contributed by atoms with Crippen molar-refractivity contribution >= 4 is 64.7 Å². The second kappa shape index (κ2) is 30.2. The van der Waals surface area contributed by atoms with Gasteiger partial charge in [-0.2, -0.15) is 58.8 Å². The van der Waals surface area contributed by atoms with Crippen molar-refractivity contribution in [2.75, 3.05) is 119 Å². The number of amides is 1. The molecule has 0 saturated carbocycles. The molecule has 0 aliphatic rings. The molecule has 1 aromatic rings. The average molecular weight is 718 g/mol. The number of carbonyl (C=O) groups is 1. The molecule has 1 amide bonds. The second-order valence-corrected chi connectivity index (χ2v) is 15.5. The van der Waals surface area contributed by atoms with Gasteiger partial charge in [-0.05, 0) is 24.3 Å². The quantitative estimate of drug-likeness (QED) is 0.0718. The van der Waals surface area contributed by atoms with E-state index in [1.165, 1.54) is 0 Å². The number of carbonyl (C=O) groups excluding carboxylic acids is 1. The maximum absolute atomic E-state index is 13.1. The maximum atomic E-state index is 13.1. The smallest absolute Gasteiger partial charge is 0.251 e. The fraction of sp³-hybridized carbons (Fsp3) is 0.759. The van der Waals surface area contributed by atoms with Crippen molar-refractivity contribution in [3.63, 3.8) is 0 Å². The van der Waals surface area contributed by atoms with Crippen molar-refractivity contribution in [2.24, 2.45) is 0 Å². The predicted molar refractivity (Wildman–Crippen MR) is 190 cm³/mol. The topological polar surface area (TPSA) is 147 Å². The number of hydrogen-bond acceptors (Lipinski definition) is 14. The van der Waals surface area contributed by atoms with E-state index in [0.717, 1.165) is 29.4 Å². The van der Waals surface area contributed by atoms with Gasteiger partial charge in [-0.25, -0.2) is 0 Å². The Kier molecular flexibility index (Phi) is 28.7. The molecular formula is C29H51NO9S5. The van der Waals surface area contributed by atoms with E-state index in [1.54, 1.807) is 84.1 Å². The minimum absolute atomic E-state index is 0.0754. The highest BCUT2D eigenvalue weighted by Gasteiger charge is 2.16. The van der Waals surface area contributed by atoms with Crippen LogP contribution >= 0.6 is 58.8 Å². The summed E-state index contributed by atoms with van der Waals surface area (Å²) in [7, 11) is 1.65. The number of ether oxygens (including phenoxy) is 4. The highest BCUT2D eigenvalue weighted by atomic mass is 32.2. The van der Waals surface area contributed by atoms with Crippen molar-refractivity contribution in [1.82, 2.24) is 5.32 Å². The highest BCUT2D eigenvalue weighted by Crippen LogP contribution is 2.27. The van der Waals surface area contributed by atoms with Gasteiger partial charge in [-0.15, -0.1) is 0 Å². The Bertz CT molecular complexity index is 787. The lowest BCUT2D eigenvalue weighted by molar-refractivity contribution is 0.0713. The van der Waals surface area contributed by atoms with E-state index < -0.39 is 0 Å². The van der Waals surface area contributed by atoms with Crippen LogP contribution in [0, 0.1) is 0 Å². The zero-order chi connectivity index (χ0) is 32.1. The lowest BCUT2D eigenvalue weighted by Crippen LogP contribution is -2.26. The molecule has 2 unspecified atom stereocenters. The fourth-order valence-electron chi connectivity index (χ4n) is 3.48. The third-order valence-corrected chi connectivity index (χ3v) is 11.6. The standard InChI is InChI=1S/C29H51NO9S5/c1-36-9-10-37-8-2-11-40-12-3-30-29(35)24-17-25(38-20-27(43-15-6-33)22-41-13-4-31)19-26(18-24)39-21-28(44-16-7-34)23-42-14-5-32/h17-19,27-28,31-34H,2-16,20-23H2,1H3,(H,30,35). The van der Waals surface area contributed by atoms with Crippen LogP contribution in [0.2, 0.25) is 0 Å². The molecule has 0 fully saturated rings. The van der Waals surface area contributed by atoms with E-state index in [0.29, 0.717) is 79.7 Å². The van der Waals surface area contributed by atoms with Gasteiger partial charge < -0.3 is 44.7 Å². The van der Waals surface area contributed by atoms with Crippen LogP contribution in [0.4, 0.5) is 0 Å². The van der Waals surface area contributed by atoms with Crippen LogP contribution in [-0.4, -0.2) is 156 Å². The predicted octanol–water partition coefficient (Wildman–Crippen LogP) is 2.60. The van der Waals surface area contributed by atoms with E-state index in [1.807, 2.05) is 0 Å². The van der Waals surface area contributed by atoms with Gasteiger partial charge in [0.2, 0.25) is 0 Å². The molecule has 2 atom stereocenters. The molecule has 0 aliphatic heterocycles. The number of thioether (sulfide) groups is 5. The summed E-state index contributed by atoms with van der Waals surface area (Å²) in [5.41, 5.74) is 0.442. The van der Waals surface area contributed by atoms with Crippen LogP contribution in [-0.2, 0) is 9.47 Å². The first kappa shape index (κ1) is 41.8. The van der Waals surface area contributed by atoms with Crippen LogP contribution in [0.15, 0.2) is 18.2 Å². The molecule has 0 aliphatic carbocycles. The number of nitrogens with one attached hydrogen (secondary N) is 1. The number of methoxy groups -OCH3 is 1. The molecular weight excluding hydrogens is 667 g/mol. The number of rotatable bonds is 31. The molecule has 1 aromatic carbocycles. The van der Waals surface area contributed by atoms with Gasteiger partial charge in [-0.3, -0.25) is 4.79 Å². The first-order valence-electron chi connectivity index (χ1n) is 14.7. The summed E-state index contributed by atoms with van der Waals surface area (Å²) in [5.74, 6) is 6.54. The number of benzene rings is 1. The summed E-state index contributed by atoms with van der Waals surface area (Å²) in [6.45, 7) is 3.55. The summed E-state index contributed by atoms with van der Waals surface area (Å²) in [4.78, 5) is 13.1. The average Bonchev–Trinajstić information content (AvgIpc) is 3.03. The van der Waals surface area contributed by atoms with Crippen molar-refractivity contribution in [3.05, 3.63) is 23.8 Å². The van der Waals surface area contributed by atoms with Crippen LogP contribution < -0.4 is 14.8 Å². The fourth-order valence-corrected chi connectivity index (χ4v) is 8.12. The zero-order valence-corrected chi connectivity index (χ0v) is 29.8. The number of aliphatic hydroxyl groups is 4. The summed E-state index contributed by atoms with van der Waals surface area (Å²) in [6, 6.07) is 5.22.